The van der Waals surface area contributed by atoms with E-state index in [-0.39, 0.29) is 5.91 Å². The fourth-order valence-electron chi connectivity index (χ4n) is 2.16. The van der Waals surface area contributed by atoms with Crippen LogP contribution in [0.4, 0.5) is 0 Å². The number of thiazole rings is 1. The Hall–Kier alpha value is -1.43. The summed E-state index contributed by atoms with van der Waals surface area (Å²) < 4.78 is 2.01. The van der Waals surface area contributed by atoms with Gasteiger partial charge in [-0.05, 0) is 20.8 Å². The molecule has 0 unspecified atom stereocenters. The molecule has 104 valence electrons. The number of fused-ring (bicyclic) bond motifs is 1. The van der Waals surface area contributed by atoms with Gasteiger partial charge in [0.1, 0.15) is 10.7 Å². The molecule has 1 amide bonds. The summed E-state index contributed by atoms with van der Waals surface area (Å²) in [7, 11) is 0. The van der Waals surface area contributed by atoms with Gasteiger partial charge in [-0.25, -0.2) is 0 Å². The maximum absolute atomic E-state index is 12.5. The van der Waals surface area contributed by atoms with Crippen LogP contribution in [-0.4, -0.2) is 38.5 Å². The van der Waals surface area contributed by atoms with Gasteiger partial charge in [0.15, 0.2) is 0 Å². The molecule has 0 aromatic carbocycles. The predicted octanol–water partition coefficient (Wildman–Crippen LogP) is 2.70. The Morgan fingerprint density at radius 2 is 1.95 bits per heavy atom. The Morgan fingerprint density at radius 3 is 2.47 bits per heavy atom. The van der Waals surface area contributed by atoms with Gasteiger partial charge in [-0.2, -0.15) is 0 Å². The van der Waals surface area contributed by atoms with E-state index < -0.39 is 0 Å². The summed E-state index contributed by atoms with van der Waals surface area (Å²) in [6.45, 7) is 11.6. The van der Waals surface area contributed by atoms with E-state index in [4.69, 9.17) is 0 Å². The standard InChI is InChI=1S/C13H20N4OS/c1-6-16(7-2)12(18)10-9(5)17-11(8(3)4)14-15-13(17)19-10/h8H,6-7H2,1-5H3. The van der Waals surface area contributed by atoms with Crippen molar-refractivity contribution in [3.63, 3.8) is 0 Å². The number of carbonyl (C=O) groups excluding carboxylic acids is 1. The summed E-state index contributed by atoms with van der Waals surface area (Å²) in [5.41, 5.74) is 0.950. The number of amides is 1. The van der Waals surface area contributed by atoms with Gasteiger partial charge in [0.25, 0.3) is 5.91 Å². The monoisotopic (exact) mass is 280 g/mol. The molecular formula is C13H20N4OS. The van der Waals surface area contributed by atoms with Gasteiger partial charge in [0.05, 0.1) is 0 Å². The second-order valence-corrected chi connectivity index (χ2v) is 5.80. The fraction of sp³-hybridized carbons (Fsp3) is 0.615. The first-order chi connectivity index (χ1) is 9.01. The first-order valence-electron chi connectivity index (χ1n) is 6.64. The summed E-state index contributed by atoms with van der Waals surface area (Å²) in [6.07, 6.45) is 0. The van der Waals surface area contributed by atoms with Crippen LogP contribution in [0.15, 0.2) is 0 Å². The lowest BCUT2D eigenvalue weighted by Gasteiger charge is -2.17. The van der Waals surface area contributed by atoms with E-state index in [9.17, 15) is 4.79 Å². The normalized spacial score (nSPS) is 11.5. The first kappa shape index (κ1) is 14.0. The molecule has 0 radical (unpaired) electrons. The molecular weight excluding hydrogens is 260 g/mol. The number of hydrogen-bond acceptors (Lipinski definition) is 4. The average molecular weight is 280 g/mol. The van der Waals surface area contributed by atoms with E-state index in [0.29, 0.717) is 5.92 Å². The molecule has 0 saturated heterocycles. The van der Waals surface area contributed by atoms with E-state index >= 15 is 0 Å². The number of aryl methyl sites for hydroxylation is 1. The Labute approximate surface area is 117 Å². The molecule has 0 N–H and O–H groups in total. The minimum absolute atomic E-state index is 0.0905. The summed E-state index contributed by atoms with van der Waals surface area (Å²) in [4.78, 5) is 15.9. The molecule has 0 aliphatic rings. The van der Waals surface area contributed by atoms with E-state index in [1.165, 1.54) is 11.3 Å². The maximum Gasteiger partial charge on any atom is 0.265 e. The van der Waals surface area contributed by atoms with Gasteiger partial charge >= 0.3 is 0 Å². The van der Waals surface area contributed by atoms with Crippen molar-refractivity contribution < 1.29 is 4.79 Å². The van der Waals surface area contributed by atoms with Crippen LogP contribution >= 0.6 is 11.3 Å². The molecule has 2 rings (SSSR count). The Kier molecular flexibility index (Phi) is 3.89. The van der Waals surface area contributed by atoms with Gasteiger partial charge in [-0.1, -0.05) is 25.2 Å². The number of carbonyl (C=O) groups is 1. The third-order valence-corrected chi connectivity index (χ3v) is 4.40. The molecule has 5 nitrogen and oxygen atoms in total. The van der Waals surface area contributed by atoms with Gasteiger partial charge in [0.2, 0.25) is 4.96 Å². The van der Waals surface area contributed by atoms with Crippen molar-refractivity contribution in [3.8, 4) is 0 Å². The van der Waals surface area contributed by atoms with Crippen LogP contribution in [0.25, 0.3) is 4.96 Å². The molecule has 0 atom stereocenters. The molecule has 0 saturated carbocycles. The van der Waals surface area contributed by atoms with E-state index in [1.807, 2.05) is 30.1 Å². The number of aromatic nitrogens is 3. The molecule has 19 heavy (non-hydrogen) atoms. The summed E-state index contributed by atoms with van der Waals surface area (Å²) in [5.74, 6) is 1.30. The van der Waals surface area contributed by atoms with Crippen molar-refractivity contribution in [2.45, 2.75) is 40.5 Å². The van der Waals surface area contributed by atoms with Crippen molar-refractivity contribution in [2.75, 3.05) is 13.1 Å². The quantitative estimate of drug-likeness (QED) is 0.865. The van der Waals surface area contributed by atoms with Gasteiger partial charge in [0, 0.05) is 24.7 Å². The zero-order valence-electron chi connectivity index (χ0n) is 12.1. The second-order valence-electron chi connectivity index (χ2n) is 4.82. The Bertz CT molecular complexity index is 595. The highest BCUT2D eigenvalue weighted by atomic mass is 32.1. The predicted molar refractivity (Wildman–Crippen MR) is 76.9 cm³/mol. The summed E-state index contributed by atoms with van der Waals surface area (Å²) in [5, 5.41) is 8.38. The van der Waals surface area contributed by atoms with Crippen molar-refractivity contribution in [1.29, 1.82) is 0 Å². The van der Waals surface area contributed by atoms with Crippen LogP contribution in [0.3, 0.4) is 0 Å². The van der Waals surface area contributed by atoms with Crippen LogP contribution in [-0.2, 0) is 0 Å². The molecule has 2 heterocycles. The van der Waals surface area contributed by atoms with E-state index in [1.54, 1.807) is 0 Å². The second kappa shape index (κ2) is 5.28. The van der Waals surface area contributed by atoms with Crippen LogP contribution in [0.2, 0.25) is 0 Å². The maximum atomic E-state index is 12.5. The smallest absolute Gasteiger partial charge is 0.265 e. The molecule has 0 bridgehead atoms. The number of nitrogens with zero attached hydrogens (tertiary/aromatic N) is 4. The molecule has 0 spiro atoms. The topological polar surface area (TPSA) is 50.5 Å². The third-order valence-electron chi connectivity index (χ3n) is 3.28. The van der Waals surface area contributed by atoms with E-state index in [2.05, 4.69) is 24.0 Å². The molecule has 6 heteroatoms. The molecule has 0 fully saturated rings. The molecule has 0 aliphatic carbocycles. The van der Waals surface area contributed by atoms with Crippen molar-refractivity contribution in [2.24, 2.45) is 0 Å². The van der Waals surface area contributed by atoms with Crippen molar-refractivity contribution >= 4 is 22.2 Å². The fourth-order valence-corrected chi connectivity index (χ4v) is 3.20. The third kappa shape index (κ3) is 2.25. The van der Waals surface area contributed by atoms with Crippen molar-refractivity contribution in [1.82, 2.24) is 19.5 Å². The lowest BCUT2D eigenvalue weighted by Crippen LogP contribution is -2.30. The first-order valence-corrected chi connectivity index (χ1v) is 7.46. The molecule has 2 aromatic rings. The largest absolute Gasteiger partial charge is 0.338 e. The zero-order valence-corrected chi connectivity index (χ0v) is 12.9. The minimum atomic E-state index is 0.0905. The highest BCUT2D eigenvalue weighted by Gasteiger charge is 2.23. The lowest BCUT2D eigenvalue weighted by atomic mass is 10.2. The van der Waals surface area contributed by atoms with Gasteiger partial charge in [-0.15, -0.1) is 10.2 Å². The SMILES string of the molecule is CCN(CC)C(=O)c1sc2nnc(C(C)C)n2c1C. The number of rotatable bonds is 4. The van der Waals surface area contributed by atoms with Crippen LogP contribution in [0.1, 0.15) is 54.8 Å². The summed E-state index contributed by atoms with van der Waals surface area (Å²) >= 11 is 1.43. The van der Waals surface area contributed by atoms with Gasteiger partial charge in [-0.3, -0.25) is 9.20 Å². The summed E-state index contributed by atoms with van der Waals surface area (Å²) in [6, 6.07) is 0. The highest BCUT2D eigenvalue weighted by molar-refractivity contribution is 7.19. The van der Waals surface area contributed by atoms with Crippen LogP contribution in [0, 0.1) is 6.92 Å². The number of hydrogen-bond donors (Lipinski definition) is 0. The van der Waals surface area contributed by atoms with Crippen LogP contribution < -0.4 is 0 Å². The van der Waals surface area contributed by atoms with E-state index in [0.717, 1.165) is 34.4 Å². The van der Waals surface area contributed by atoms with Crippen molar-refractivity contribution in [3.05, 3.63) is 16.4 Å². The highest BCUT2D eigenvalue weighted by Crippen LogP contribution is 2.26. The lowest BCUT2D eigenvalue weighted by molar-refractivity contribution is 0.0776. The van der Waals surface area contributed by atoms with Gasteiger partial charge < -0.3 is 4.90 Å². The Balaban J connectivity index is 2.51. The minimum Gasteiger partial charge on any atom is -0.338 e. The average Bonchev–Trinajstić information content (AvgIpc) is 2.91. The molecule has 0 aliphatic heterocycles. The zero-order chi connectivity index (χ0) is 14.2. The Morgan fingerprint density at radius 1 is 1.32 bits per heavy atom. The molecule has 2 aromatic heterocycles. The van der Waals surface area contributed by atoms with Crippen LogP contribution in [0.5, 0.6) is 0 Å².